The molecule has 2 heterocycles. The highest BCUT2D eigenvalue weighted by Crippen LogP contribution is 2.25. The monoisotopic (exact) mass is 321 g/mol. The van der Waals surface area contributed by atoms with Crippen molar-refractivity contribution < 1.29 is 17.7 Å². The van der Waals surface area contributed by atoms with E-state index < -0.39 is 10.0 Å². The fraction of sp³-hybridized carbons (Fsp3) is 0.286. The van der Waals surface area contributed by atoms with Crippen LogP contribution in [-0.4, -0.2) is 26.0 Å². The van der Waals surface area contributed by atoms with Crippen molar-refractivity contribution in [2.45, 2.75) is 24.7 Å². The van der Waals surface area contributed by atoms with Gasteiger partial charge in [-0.1, -0.05) is 5.16 Å². The number of nitrogens with zero attached hydrogens (tertiary/aromatic N) is 1. The fourth-order valence-corrected chi connectivity index (χ4v) is 3.39. The molecular formula is C14H15N3O4S. The molecule has 8 heteroatoms. The van der Waals surface area contributed by atoms with Gasteiger partial charge in [0.2, 0.25) is 15.9 Å². The van der Waals surface area contributed by atoms with E-state index in [0.29, 0.717) is 29.1 Å². The summed E-state index contributed by atoms with van der Waals surface area (Å²) in [6.45, 7) is 2.00. The zero-order valence-corrected chi connectivity index (χ0v) is 12.7. The summed E-state index contributed by atoms with van der Waals surface area (Å²) < 4.78 is 31.9. The van der Waals surface area contributed by atoms with Crippen LogP contribution in [0.4, 0.5) is 5.69 Å². The van der Waals surface area contributed by atoms with Crippen LogP contribution in [0.25, 0.3) is 0 Å². The zero-order chi connectivity index (χ0) is 15.7. The number of aromatic nitrogens is 1. The number of sulfonamides is 1. The Morgan fingerprint density at radius 2 is 2.18 bits per heavy atom. The third kappa shape index (κ3) is 3.02. The molecule has 0 bridgehead atoms. The standard InChI is InChI=1S/C14H15N3O4S/c1-9-6-11(17-21-9)4-5-15-22(19,20)12-2-3-13-10(7-12)8-14(18)16-13/h2-3,6-7,15H,4-5,8H2,1H3,(H,16,18). The molecule has 1 aliphatic heterocycles. The van der Waals surface area contributed by atoms with Gasteiger partial charge in [0.25, 0.3) is 0 Å². The second-order valence-electron chi connectivity index (χ2n) is 5.12. The van der Waals surface area contributed by atoms with Crippen LogP contribution in [0.3, 0.4) is 0 Å². The molecule has 1 amide bonds. The Morgan fingerprint density at radius 1 is 1.36 bits per heavy atom. The number of hydrogen-bond acceptors (Lipinski definition) is 5. The summed E-state index contributed by atoms with van der Waals surface area (Å²) >= 11 is 0. The highest BCUT2D eigenvalue weighted by Gasteiger charge is 2.21. The Morgan fingerprint density at radius 3 is 2.91 bits per heavy atom. The summed E-state index contributed by atoms with van der Waals surface area (Å²) in [6.07, 6.45) is 0.651. The minimum absolute atomic E-state index is 0.126. The van der Waals surface area contributed by atoms with Gasteiger partial charge in [0.15, 0.2) is 0 Å². The molecule has 0 radical (unpaired) electrons. The van der Waals surface area contributed by atoms with Crippen LogP contribution in [-0.2, 0) is 27.7 Å². The Kier molecular flexibility index (Phi) is 3.71. The van der Waals surface area contributed by atoms with Gasteiger partial charge in [-0.05, 0) is 30.7 Å². The van der Waals surface area contributed by atoms with Gasteiger partial charge in [0.1, 0.15) is 5.76 Å². The number of benzene rings is 1. The first-order chi connectivity index (χ1) is 10.4. The van der Waals surface area contributed by atoms with Crippen molar-refractivity contribution in [3.8, 4) is 0 Å². The van der Waals surface area contributed by atoms with Gasteiger partial charge in [-0.2, -0.15) is 0 Å². The number of amides is 1. The number of rotatable bonds is 5. The fourth-order valence-electron chi connectivity index (χ4n) is 2.31. The van der Waals surface area contributed by atoms with E-state index in [1.54, 1.807) is 19.1 Å². The SMILES string of the molecule is Cc1cc(CCNS(=O)(=O)c2ccc3c(c2)CC(=O)N3)no1. The van der Waals surface area contributed by atoms with E-state index in [4.69, 9.17) is 4.52 Å². The number of anilines is 1. The zero-order valence-electron chi connectivity index (χ0n) is 11.9. The molecule has 1 aliphatic rings. The maximum absolute atomic E-state index is 12.2. The van der Waals surface area contributed by atoms with Crippen molar-refractivity contribution >= 4 is 21.6 Å². The first-order valence-corrected chi connectivity index (χ1v) is 8.27. The van der Waals surface area contributed by atoms with Crippen molar-refractivity contribution in [1.29, 1.82) is 0 Å². The number of nitrogens with one attached hydrogen (secondary N) is 2. The van der Waals surface area contributed by atoms with Crippen molar-refractivity contribution in [3.05, 3.63) is 41.3 Å². The van der Waals surface area contributed by atoms with Gasteiger partial charge >= 0.3 is 0 Å². The highest BCUT2D eigenvalue weighted by molar-refractivity contribution is 7.89. The number of hydrogen-bond donors (Lipinski definition) is 2. The van der Waals surface area contributed by atoms with Crippen LogP contribution in [0.1, 0.15) is 17.0 Å². The van der Waals surface area contributed by atoms with Gasteiger partial charge in [0.05, 0.1) is 17.0 Å². The molecule has 1 aromatic heterocycles. The molecule has 0 aliphatic carbocycles. The summed E-state index contributed by atoms with van der Waals surface area (Å²) in [5.41, 5.74) is 2.06. The van der Waals surface area contributed by atoms with Gasteiger partial charge in [0, 0.05) is 24.7 Å². The van der Waals surface area contributed by atoms with Gasteiger partial charge < -0.3 is 9.84 Å². The van der Waals surface area contributed by atoms with Gasteiger partial charge in [-0.3, -0.25) is 4.79 Å². The molecule has 2 N–H and O–H groups in total. The Bertz CT molecular complexity index is 826. The molecule has 22 heavy (non-hydrogen) atoms. The molecule has 0 atom stereocenters. The van der Waals surface area contributed by atoms with Crippen LogP contribution in [0.15, 0.2) is 33.7 Å². The first kappa shape index (κ1) is 14.7. The van der Waals surface area contributed by atoms with Crippen LogP contribution in [0.5, 0.6) is 0 Å². The molecule has 0 saturated heterocycles. The van der Waals surface area contributed by atoms with E-state index in [0.717, 1.165) is 0 Å². The quantitative estimate of drug-likeness (QED) is 0.855. The molecule has 7 nitrogen and oxygen atoms in total. The number of fused-ring (bicyclic) bond motifs is 1. The van der Waals surface area contributed by atoms with Gasteiger partial charge in [-0.15, -0.1) is 0 Å². The average Bonchev–Trinajstić information content (AvgIpc) is 3.02. The molecule has 116 valence electrons. The summed E-state index contributed by atoms with van der Waals surface area (Å²) in [7, 11) is -3.61. The van der Waals surface area contributed by atoms with E-state index in [-0.39, 0.29) is 23.8 Å². The van der Waals surface area contributed by atoms with Crippen LogP contribution >= 0.6 is 0 Å². The summed E-state index contributed by atoms with van der Waals surface area (Å²) in [4.78, 5) is 11.5. The third-order valence-electron chi connectivity index (χ3n) is 3.36. The molecule has 0 unspecified atom stereocenters. The van der Waals surface area contributed by atoms with Crippen molar-refractivity contribution in [1.82, 2.24) is 9.88 Å². The maximum atomic E-state index is 12.2. The van der Waals surface area contributed by atoms with Gasteiger partial charge in [-0.25, -0.2) is 13.1 Å². The maximum Gasteiger partial charge on any atom is 0.240 e. The minimum Gasteiger partial charge on any atom is -0.361 e. The smallest absolute Gasteiger partial charge is 0.240 e. The highest BCUT2D eigenvalue weighted by atomic mass is 32.2. The topological polar surface area (TPSA) is 101 Å². The second kappa shape index (κ2) is 5.54. The number of aryl methyl sites for hydroxylation is 1. The Labute approximate surface area is 127 Å². The second-order valence-corrected chi connectivity index (χ2v) is 6.89. The van der Waals surface area contributed by atoms with Crippen LogP contribution < -0.4 is 10.0 Å². The predicted molar refractivity (Wildman–Crippen MR) is 78.9 cm³/mol. The van der Waals surface area contributed by atoms with Crippen molar-refractivity contribution in [2.75, 3.05) is 11.9 Å². The molecule has 2 aromatic rings. The van der Waals surface area contributed by atoms with Crippen molar-refractivity contribution in [3.63, 3.8) is 0 Å². The molecular weight excluding hydrogens is 306 g/mol. The Balaban J connectivity index is 1.68. The first-order valence-electron chi connectivity index (χ1n) is 6.79. The van der Waals surface area contributed by atoms with Crippen molar-refractivity contribution in [2.24, 2.45) is 0 Å². The van der Waals surface area contributed by atoms with E-state index in [1.165, 1.54) is 12.1 Å². The normalized spacial score (nSPS) is 14.0. The molecule has 0 saturated carbocycles. The molecule has 0 fully saturated rings. The lowest BCUT2D eigenvalue weighted by atomic mass is 10.2. The average molecular weight is 321 g/mol. The van der Waals surface area contributed by atoms with Crippen LogP contribution in [0, 0.1) is 6.92 Å². The van der Waals surface area contributed by atoms with E-state index in [9.17, 15) is 13.2 Å². The third-order valence-corrected chi connectivity index (χ3v) is 4.82. The molecule has 1 aromatic carbocycles. The van der Waals surface area contributed by atoms with E-state index >= 15 is 0 Å². The summed E-state index contributed by atoms with van der Waals surface area (Å²) in [5, 5.41) is 6.48. The van der Waals surface area contributed by atoms with E-state index in [2.05, 4.69) is 15.2 Å². The minimum atomic E-state index is -3.61. The predicted octanol–water partition coefficient (Wildman–Crippen LogP) is 0.999. The lowest BCUT2D eigenvalue weighted by molar-refractivity contribution is -0.115. The number of carbonyl (C=O) groups excluding carboxylic acids is 1. The lowest BCUT2D eigenvalue weighted by Crippen LogP contribution is -2.26. The molecule has 0 spiro atoms. The number of carbonyl (C=O) groups is 1. The van der Waals surface area contributed by atoms with E-state index in [1.807, 2.05) is 0 Å². The van der Waals surface area contributed by atoms with Crippen LogP contribution in [0.2, 0.25) is 0 Å². The molecule has 3 rings (SSSR count). The lowest BCUT2D eigenvalue weighted by Gasteiger charge is -2.07. The summed E-state index contributed by atoms with van der Waals surface area (Å²) in [6, 6.07) is 6.37. The summed E-state index contributed by atoms with van der Waals surface area (Å²) in [5.74, 6) is 0.563. The largest absolute Gasteiger partial charge is 0.361 e. The Hall–Kier alpha value is -2.19.